The molecule has 1 aromatic heterocycles. The Kier molecular flexibility index (Phi) is 4.57. The summed E-state index contributed by atoms with van der Waals surface area (Å²) in [5, 5.41) is 3.83. The number of amides is 1. The number of hydrogen-bond donors (Lipinski definition) is 1. The molecule has 5 heteroatoms. The summed E-state index contributed by atoms with van der Waals surface area (Å²) in [4.78, 5) is 17.3. The van der Waals surface area contributed by atoms with Crippen molar-refractivity contribution in [2.45, 2.75) is 13.8 Å². The van der Waals surface area contributed by atoms with Crippen molar-refractivity contribution in [3.8, 4) is 11.5 Å². The number of aromatic nitrogens is 1. The molecule has 0 aliphatic rings. The number of ether oxygens (including phenoxy) is 2. The molecule has 25 heavy (non-hydrogen) atoms. The first-order valence-electron chi connectivity index (χ1n) is 7.93. The van der Waals surface area contributed by atoms with E-state index in [0.29, 0.717) is 28.4 Å². The van der Waals surface area contributed by atoms with E-state index in [4.69, 9.17) is 9.47 Å². The average molecular weight is 336 g/mol. The molecule has 0 spiro atoms. The zero-order chi connectivity index (χ0) is 18.0. The third kappa shape index (κ3) is 3.40. The molecule has 0 aliphatic heterocycles. The first kappa shape index (κ1) is 16.8. The van der Waals surface area contributed by atoms with E-state index in [1.165, 1.54) is 0 Å². The molecule has 2 aromatic carbocycles. The van der Waals surface area contributed by atoms with Crippen LogP contribution in [0.15, 0.2) is 42.5 Å². The summed E-state index contributed by atoms with van der Waals surface area (Å²) in [7, 11) is 3.14. The topological polar surface area (TPSA) is 60.5 Å². The lowest BCUT2D eigenvalue weighted by molar-refractivity contribution is 0.102. The molecule has 5 nitrogen and oxygen atoms in total. The Morgan fingerprint density at radius 1 is 1.00 bits per heavy atom. The third-order valence-electron chi connectivity index (χ3n) is 4.06. The highest BCUT2D eigenvalue weighted by Crippen LogP contribution is 2.29. The predicted octanol–water partition coefficient (Wildman–Crippen LogP) is 4.12. The summed E-state index contributed by atoms with van der Waals surface area (Å²) >= 11 is 0. The Balaban J connectivity index is 1.98. The zero-order valence-corrected chi connectivity index (χ0v) is 14.7. The lowest BCUT2D eigenvalue weighted by atomic mass is 10.1. The molecular formula is C20H20N2O3. The molecule has 0 atom stereocenters. The number of fused-ring (bicyclic) bond motifs is 1. The second-order valence-corrected chi connectivity index (χ2v) is 5.84. The Labute approximate surface area is 146 Å². The zero-order valence-electron chi connectivity index (χ0n) is 14.7. The first-order valence-corrected chi connectivity index (χ1v) is 7.93. The van der Waals surface area contributed by atoms with Gasteiger partial charge in [0.05, 0.1) is 36.7 Å². The summed E-state index contributed by atoms with van der Waals surface area (Å²) in [5.74, 6) is 0.969. The number of rotatable bonds is 4. The van der Waals surface area contributed by atoms with E-state index in [1.54, 1.807) is 32.4 Å². The third-order valence-corrected chi connectivity index (χ3v) is 4.06. The Bertz CT molecular complexity index is 951. The van der Waals surface area contributed by atoms with E-state index in [1.807, 2.05) is 38.1 Å². The molecule has 0 radical (unpaired) electrons. The first-order chi connectivity index (χ1) is 12.0. The maximum absolute atomic E-state index is 12.8. The molecule has 0 unspecified atom stereocenters. The molecule has 1 N–H and O–H groups in total. The van der Waals surface area contributed by atoms with Crippen molar-refractivity contribution < 1.29 is 14.3 Å². The lowest BCUT2D eigenvalue weighted by Crippen LogP contribution is -2.15. The number of methoxy groups -OCH3 is 2. The number of nitrogens with zero attached hydrogens (tertiary/aromatic N) is 1. The standard InChI is InChI=1S/C20H20N2O3/c1-12-5-7-17-14(9-12)10-16(13(2)21-17)20(23)22-18-11-15(24-3)6-8-19(18)25-4/h5-11H,1-4H3,(H,22,23). The summed E-state index contributed by atoms with van der Waals surface area (Å²) in [6, 6.07) is 13.1. The number of carbonyl (C=O) groups excluding carboxylic acids is 1. The van der Waals surface area contributed by atoms with Gasteiger partial charge in [-0.2, -0.15) is 0 Å². The molecular weight excluding hydrogens is 316 g/mol. The van der Waals surface area contributed by atoms with Gasteiger partial charge in [0.25, 0.3) is 5.91 Å². The van der Waals surface area contributed by atoms with Crippen LogP contribution in [0.4, 0.5) is 5.69 Å². The quantitative estimate of drug-likeness (QED) is 0.778. The maximum Gasteiger partial charge on any atom is 0.257 e. The fourth-order valence-corrected chi connectivity index (χ4v) is 2.72. The number of aryl methyl sites for hydroxylation is 2. The van der Waals surface area contributed by atoms with E-state index in [2.05, 4.69) is 10.3 Å². The minimum Gasteiger partial charge on any atom is -0.497 e. The van der Waals surface area contributed by atoms with Crippen LogP contribution in [0.1, 0.15) is 21.6 Å². The number of nitrogens with one attached hydrogen (secondary N) is 1. The fourth-order valence-electron chi connectivity index (χ4n) is 2.72. The van der Waals surface area contributed by atoms with Crippen LogP contribution >= 0.6 is 0 Å². The van der Waals surface area contributed by atoms with Gasteiger partial charge in [0.15, 0.2) is 0 Å². The second kappa shape index (κ2) is 6.81. The molecule has 0 saturated carbocycles. The van der Waals surface area contributed by atoms with Crippen molar-refractivity contribution in [2.75, 3.05) is 19.5 Å². The molecule has 1 amide bonds. The molecule has 128 valence electrons. The SMILES string of the molecule is COc1ccc(OC)c(NC(=O)c2cc3cc(C)ccc3nc2C)c1. The summed E-state index contributed by atoms with van der Waals surface area (Å²) in [6.07, 6.45) is 0. The Morgan fingerprint density at radius 3 is 2.52 bits per heavy atom. The van der Waals surface area contributed by atoms with Gasteiger partial charge < -0.3 is 14.8 Å². The second-order valence-electron chi connectivity index (χ2n) is 5.84. The van der Waals surface area contributed by atoms with Gasteiger partial charge in [-0.15, -0.1) is 0 Å². The normalized spacial score (nSPS) is 10.6. The van der Waals surface area contributed by atoms with E-state index >= 15 is 0 Å². The van der Waals surface area contributed by atoms with Crippen molar-refractivity contribution >= 4 is 22.5 Å². The highest BCUT2D eigenvalue weighted by molar-refractivity contribution is 6.07. The minimum absolute atomic E-state index is 0.236. The number of hydrogen-bond acceptors (Lipinski definition) is 4. The van der Waals surface area contributed by atoms with Gasteiger partial charge in [0.2, 0.25) is 0 Å². The van der Waals surface area contributed by atoms with Gasteiger partial charge in [-0.05, 0) is 44.2 Å². The van der Waals surface area contributed by atoms with E-state index in [-0.39, 0.29) is 5.91 Å². The van der Waals surface area contributed by atoms with Crippen molar-refractivity contribution in [3.63, 3.8) is 0 Å². The van der Waals surface area contributed by atoms with Crippen LogP contribution in [0.25, 0.3) is 10.9 Å². The minimum atomic E-state index is -0.236. The predicted molar refractivity (Wildman–Crippen MR) is 98.7 cm³/mol. The smallest absolute Gasteiger partial charge is 0.257 e. The largest absolute Gasteiger partial charge is 0.497 e. The highest BCUT2D eigenvalue weighted by Gasteiger charge is 2.15. The summed E-state index contributed by atoms with van der Waals surface area (Å²) < 4.78 is 10.5. The van der Waals surface area contributed by atoms with Gasteiger partial charge in [-0.25, -0.2) is 0 Å². The fraction of sp³-hybridized carbons (Fsp3) is 0.200. The van der Waals surface area contributed by atoms with Crippen LogP contribution in [0.3, 0.4) is 0 Å². The van der Waals surface area contributed by atoms with Gasteiger partial charge >= 0.3 is 0 Å². The van der Waals surface area contributed by atoms with Crippen LogP contribution in [0.2, 0.25) is 0 Å². The average Bonchev–Trinajstić information content (AvgIpc) is 2.61. The number of carbonyl (C=O) groups is 1. The molecule has 0 aliphatic carbocycles. The van der Waals surface area contributed by atoms with Gasteiger partial charge in [-0.3, -0.25) is 9.78 Å². The van der Waals surface area contributed by atoms with Gasteiger partial charge in [0.1, 0.15) is 11.5 Å². The maximum atomic E-state index is 12.8. The summed E-state index contributed by atoms with van der Waals surface area (Å²) in [6.45, 7) is 3.84. The van der Waals surface area contributed by atoms with Crippen LogP contribution in [-0.2, 0) is 0 Å². The van der Waals surface area contributed by atoms with Crippen LogP contribution in [0.5, 0.6) is 11.5 Å². The molecule has 3 aromatic rings. The van der Waals surface area contributed by atoms with Gasteiger partial charge in [0, 0.05) is 11.5 Å². The van der Waals surface area contributed by atoms with E-state index in [9.17, 15) is 4.79 Å². The van der Waals surface area contributed by atoms with Gasteiger partial charge in [-0.1, -0.05) is 11.6 Å². The highest BCUT2D eigenvalue weighted by atomic mass is 16.5. The van der Waals surface area contributed by atoms with E-state index in [0.717, 1.165) is 16.5 Å². The monoisotopic (exact) mass is 336 g/mol. The number of anilines is 1. The number of benzene rings is 2. The van der Waals surface area contributed by atoms with Crippen molar-refractivity contribution in [2.24, 2.45) is 0 Å². The van der Waals surface area contributed by atoms with Crippen molar-refractivity contribution in [1.29, 1.82) is 0 Å². The van der Waals surface area contributed by atoms with Crippen molar-refractivity contribution in [3.05, 3.63) is 59.3 Å². The molecule has 0 saturated heterocycles. The molecule has 0 bridgehead atoms. The van der Waals surface area contributed by atoms with Crippen molar-refractivity contribution in [1.82, 2.24) is 4.98 Å². The number of pyridine rings is 1. The Hall–Kier alpha value is -3.08. The Morgan fingerprint density at radius 2 is 1.80 bits per heavy atom. The van der Waals surface area contributed by atoms with E-state index < -0.39 is 0 Å². The van der Waals surface area contributed by atoms with Crippen LogP contribution in [-0.4, -0.2) is 25.1 Å². The lowest BCUT2D eigenvalue weighted by Gasteiger charge is -2.13. The van der Waals surface area contributed by atoms with Crippen LogP contribution < -0.4 is 14.8 Å². The molecule has 1 heterocycles. The molecule has 0 fully saturated rings. The molecule has 3 rings (SSSR count). The summed E-state index contributed by atoms with van der Waals surface area (Å²) in [5.41, 5.74) is 3.76. The van der Waals surface area contributed by atoms with Crippen LogP contribution in [0, 0.1) is 13.8 Å².